The third kappa shape index (κ3) is 5.57. The minimum Gasteiger partial charge on any atom is -0.444 e. The molecule has 2 amide bonds. The topological polar surface area (TPSA) is 125 Å². The first-order valence-corrected chi connectivity index (χ1v) is 9.93. The summed E-state index contributed by atoms with van der Waals surface area (Å²) in [6.07, 6.45) is -0.470. The molecule has 11 heteroatoms. The molecule has 1 aromatic carbocycles. The highest BCUT2D eigenvalue weighted by atomic mass is 32.2. The summed E-state index contributed by atoms with van der Waals surface area (Å²) in [5, 5.41) is 1.04. The Morgan fingerprint density at radius 2 is 1.93 bits per heavy atom. The highest BCUT2D eigenvalue weighted by Crippen LogP contribution is 2.28. The van der Waals surface area contributed by atoms with Gasteiger partial charge in [-0.25, -0.2) is 9.86 Å². The van der Waals surface area contributed by atoms with Gasteiger partial charge < -0.3 is 4.74 Å². The van der Waals surface area contributed by atoms with Gasteiger partial charge in [0.05, 0.1) is 19.3 Å². The molecular weight excluding hydrogens is 390 g/mol. The van der Waals surface area contributed by atoms with E-state index < -0.39 is 33.9 Å². The smallest absolute Gasteiger partial charge is 0.411 e. The van der Waals surface area contributed by atoms with E-state index >= 15 is 0 Å². The normalized spacial score (nSPS) is 16.9. The van der Waals surface area contributed by atoms with Crippen LogP contribution in [0.25, 0.3) is 0 Å². The molecule has 156 valence electrons. The van der Waals surface area contributed by atoms with Crippen LogP contribution in [0.5, 0.6) is 0 Å². The summed E-state index contributed by atoms with van der Waals surface area (Å²) in [4.78, 5) is 31.6. The molecule has 1 aromatic rings. The van der Waals surface area contributed by atoms with Crippen molar-refractivity contribution < 1.29 is 32.1 Å². The Labute approximate surface area is 164 Å². The van der Waals surface area contributed by atoms with Gasteiger partial charge in [0.1, 0.15) is 11.6 Å². The zero-order valence-corrected chi connectivity index (χ0v) is 17.2. The monoisotopic (exact) mass is 415 g/mol. The lowest BCUT2D eigenvalue weighted by atomic mass is 9.93. The van der Waals surface area contributed by atoms with E-state index in [1.807, 2.05) is 4.72 Å². The molecule has 1 unspecified atom stereocenters. The fourth-order valence-corrected chi connectivity index (χ4v) is 3.25. The van der Waals surface area contributed by atoms with Crippen LogP contribution in [0.2, 0.25) is 0 Å². The SMILES string of the molecule is CON(C)C(=O)C1Cc2ccc(NS(=O)(=O)O)cc2CN1C(=O)OC(C)(C)C. The van der Waals surface area contributed by atoms with Crippen LogP contribution < -0.4 is 4.72 Å². The van der Waals surface area contributed by atoms with Crippen molar-refractivity contribution in [2.75, 3.05) is 18.9 Å². The van der Waals surface area contributed by atoms with Crippen molar-refractivity contribution in [2.24, 2.45) is 0 Å². The molecule has 0 bridgehead atoms. The van der Waals surface area contributed by atoms with Crippen LogP contribution in [0.4, 0.5) is 10.5 Å². The van der Waals surface area contributed by atoms with Crippen molar-refractivity contribution in [3.8, 4) is 0 Å². The molecule has 0 aromatic heterocycles. The van der Waals surface area contributed by atoms with E-state index in [1.165, 1.54) is 31.2 Å². The van der Waals surface area contributed by atoms with E-state index in [0.29, 0.717) is 5.56 Å². The Kier molecular flexibility index (Phi) is 6.21. The molecule has 10 nitrogen and oxygen atoms in total. The molecule has 0 aliphatic carbocycles. The second-order valence-corrected chi connectivity index (χ2v) is 8.56. The summed E-state index contributed by atoms with van der Waals surface area (Å²) in [7, 11) is -1.63. The van der Waals surface area contributed by atoms with Crippen LogP contribution >= 0.6 is 0 Å². The Morgan fingerprint density at radius 1 is 1.29 bits per heavy atom. The van der Waals surface area contributed by atoms with Crippen LogP contribution in [-0.2, 0) is 37.6 Å². The first-order chi connectivity index (χ1) is 12.8. The molecule has 0 radical (unpaired) electrons. The average molecular weight is 415 g/mol. The van der Waals surface area contributed by atoms with E-state index in [0.717, 1.165) is 10.6 Å². The second kappa shape index (κ2) is 7.94. The van der Waals surface area contributed by atoms with Gasteiger partial charge in [0, 0.05) is 13.5 Å². The molecule has 1 aliphatic rings. The minimum absolute atomic E-state index is 0.0270. The molecule has 2 N–H and O–H groups in total. The first kappa shape index (κ1) is 21.9. The van der Waals surface area contributed by atoms with Crippen LogP contribution in [0, 0.1) is 0 Å². The van der Waals surface area contributed by atoms with Gasteiger partial charge in [-0.15, -0.1) is 0 Å². The van der Waals surface area contributed by atoms with Gasteiger partial charge in [0.25, 0.3) is 5.91 Å². The highest BCUT2D eigenvalue weighted by molar-refractivity contribution is 7.87. The third-order valence-electron chi connectivity index (χ3n) is 4.08. The van der Waals surface area contributed by atoms with Crippen molar-refractivity contribution in [1.82, 2.24) is 9.96 Å². The van der Waals surface area contributed by atoms with Crippen LogP contribution in [0.3, 0.4) is 0 Å². The van der Waals surface area contributed by atoms with Crippen LogP contribution in [0.1, 0.15) is 31.9 Å². The van der Waals surface area contributed by atoms with Crippen molar-refractivity contribution in [3.05, 3.63) is 29.3 Å². The van der Waals surface area contributed by atoms with Crippen LogP contribution in [-0.4, -0.2) is 60.7 Å². The van der Waals surface area contributed by atoms with Gasteiger partial charge in [-0.05, 0) is 44.0 Å². The fourth-order valence-electron chi connectivity index (χ4n) is 2.83. The number of ether oxygens (including phenoxy) is 1. The minimum atomic E-state index is -4.43. The van der Waals surface area contributed by atoms with E-state index in [2.05, 4.69) is 0 Å². The lowest BCUT2D eigenvalue weighted by molar-refractivity contribution is -0.174. The Bertz CT molecular complexity index is 864. The van der Waals surface area contributed by atoms with E-state index in [1.54, 1.807) is 26.8 Å². The lowest BCUT2D eigenvalue weighted by Crippen LogP contribution is -2.53. The van der Waals surface area contributed by atoms with E-state index in [4.69, 9.17) is 14.1 Å². The number of likely N-dealkylation sites (N-methyl/N-ethyl adjacent to an activating group) is 1. The number of carbonyl (C=O) groups excluding carboxylic acids is 2. The van der Waals surface area contributed by atoms with Gasteiger partial charge in [-0.1, -0.05) is 6.07 Å². The largest absolute Gasteiger partial charge is 0.444 e. The summed E-state index contributed by atoms with van der Waals surface area (Å²) < 4.78 is 38.4. The summed E-state index contributed by atoms with van der Waals surface area (Å²) >= 11 is 0. The number of hydroxylamine groups is 2. The highest BCUT2D eigenvalue weighted by Gasteiger charge is 2.38. The number of anilines is 1. The number of benzene rings is 1. The predicted molar refractivity (Wildman–Crippen MR) is 101 cm³/mol. The summed E-state index contributed by atoms with van der Waals surface area (Å²) in [6.45, 7) is 5.18. The van der Waals surface area contributed by atoms with Crippen molar-refractivity contribution in [1.29, 1.82) is 0 Å². The number of nitrogens with zero attached hydrogens (tertiary/aromatic N) is 2. The molecule has 0 fully saturated rings. The maximum absolute atomic E-state index is 12.7. The molecule has 0 saturated carbocycles. The van der Waals surface area contributed by atoms with Gasteiger partial charge in [-0.2, -0.15) is 8.42 Å². The predicted octanol–water partition coefficient (Wildman–Crippen LogP) is 1.58. The van der Waals surface area contributed by atoms with E-state index in [-0.39, 0.29) is 18.7 Å². The molecule has 1 heterocycles. The number of nitrogens with one attached hydrogen (secondary N) is 1. The molecule has 1 aliphatic heterocycles. The van der Waals surface area contributed by atoms with Gasteiger partial charge >= 0.3 is 16.4 Å². The standard InChI is InChI=1S/C17H25N3O7S/c1-17(2,3)27-16(22)20-10-12-8-13(18-28(23,24)25)7-6-11(12)9-14(20)15(21)19(4)26-5/h6-8,14,18H,9-10H2,1-5H3,(H,23,24,25). The van der Waals surface area contributed by atoms with Crippen molar-refractivity contribution in [2.45, 2.75) is 45.4 Å². The first-order valence-electron chi connectivity index (χ1n) is 8.49. The average Bonchev–Trinajstić information content (AvgIpc) is 2.56. The van der Waals surface area contributed by atoms with Gasteiger partial charge in [0.2, 0.25) is 0 Å². The summed E-state index contributed by atoms with van der Waals surface area (Å²) in [5.74, 6) is -0.417. The molecule has 28 heavy (non-hydrogen) atoms. The zero-order chi connectivity index (χ0) is 21.3. The van der Waals surface area contributed by atoms with Gasteiger partial charge in [0.15, 0.2) is 0 Å². The zero-order valence-electron chi connectivity index (χ0n) is 16.4. The van der Waals surface area contributed by atoms with Crippen LogP contribution in [0.15, 0.2) is 18.2 Å². The molecule has 0 saturated heterocycles. The molecule has 0 spiro atoms. The van der Waals surface area contributed by atoms with Gasteiger partial charge in [-0.3, -0.25) is 23.8 Å². The summed E-state index contributed by atoms with van der Waals surface area (Å²) in [5.41, 5.74) is 0.781. The fraction of sp³-hybridized carbons (Fsp3) is 0.529. The van der Waals surface area contributed by atoms with E-state index in [9.17, 15) is 18.0 Å². The maximum Gasteiger partial charge on any atom is 0.411 e. The Hall–Kier alpha value is -2.37. The molecule has 2 rings (SSSR count). The third-order valence-corrected chi connectivity index (χ3v) is 4.57. The number of hydrogen-bond donors (Lipinski definition) is 2. The summed E-state index contributed by atoms with van der Waals surface area (Å²) in [6, 6.07) is 3.77. The number of carbonyl (C=O) groups is 2. The number of hydrogen-bond acceptors (Lipinski definition) is 6. The van der Waals surface area contributed by atoms with Crippen molar-refractivity contribution >= 4 is 28.0 Å². The molecular formula is C17H25N3O7S. The Morgan fingerprint density at radius 3 is 2.46 bits per heavy atom. The van der Waals surface area contributed by atoms with Crippen molar-refractivity contribution in [3.63, 3.8) is 0 Å². The molecule has 1 atom stereocenters. The lowest BCUT2D eigenvalue weighted by Gasteiger charge is -2.38. The Balaban J connectivity index is 2.39. The quantitative estimate of drug-likeness (QED) is 0.565. The maximum atomic E-state index is 12.7. The number of amides is 2. The second-order valence-electron chi connectivity index (χ2n) is 7.41. The number of rotatable bonds is 4. The number of fused-ring (bicyclic) bond motifs is 1.